The van der Waals surface area contributed by atoms with Gasteiger partial charge in [-0.1, -0.05) is 54.4 Å². The van der Waals surface area contributed by atoms with Crippen molar-refractivity contribution in [3.8, 4) is 0 Å². The number of carbonyl (C=O) groups excluding carboxylic acids is 2. The Morgan fingerprint density at radius 2 is 1.70 bits per heavy atom. The van der Waals surface area contributed by atoms with Gasteiger partial charge in [0, 0.05) is 13.1 Å². The molecule has 0 saturated carbocycles. The van der Waals surface area contributed by atoms with Gasteiger partial charge in [-0.05, 0) is 51.3 Å². The number of rotatable bonds is 10. The number of hydrogen-bond donors (Lipinski definition) is 1. The zero-order valence-corrected chi connectivity index (χ0v) is 21.2. The van der Waals surface area contributed by atoms with Crippen molar-refractivity contribution in [2.45, 2.75) is 53.6 Å². The predicted molar refractivity (Wildman–Crippen MR) is 133 cm³/mol. The molecule has 0 spiro atoms. The molecule has 1 atom stereocenters. The normalized spacial score (nSPS) is 12.2. The lowest BCUT2D eigenvalue weighted by Crippen LogP contribution is -2.51. The quantitative estimate of drug-likeness (QED) is 0.574. The number of benzene rings is 2. The monoisotopic (exact) mass is 473 g/mol. The van der Waals surface area contributed by atoms with E-state index in [9.17, 15) is 18.0 Å². The summed E-state index contributed by atoms with van der Waals surface area (Å²) < 4.78 is 26.4. The molecule has 0 fully saturated rings. The Kier molecular flexibility index (Phi) is 9.05. The van der Waals surface area contributed by atoms with Crippen LogP contribution >= 0.6 is 0 Å². The Morgan fingerprint density at radius 3 is 2.27 bits per heavy atom. The fourth-order valence-corrected chi connectivity index (χ4v) is 4.57. The highest BCUT2D eigenvalue weighted by atomic mass is 32.2. The molecule has 1 N–H and O–H groups in total. The van der Waals surface area contributed by atoms with E-state index in [1.165, 1.54) is 4.90 Å². The highest BCUT2D eigenvalue weighted by Gasteiger charge is 2.30. The minimum Gasteiger partial charge on any atom is -0.354 e. The topological polar surface area (TPSA) is 86.8 Å². The van der Waals surface area contributed by atoms with Crippen molar-refractivity contribution in [3.63, 3.8) is 0 Å². The van der Waals surface area contributed by atoms with E-state index in [1.54, 1.807) is 13.0 Å². The van der Waals surface area contributed by atoms with Crippen molar-refractivity contribution in [1.29, 1.82) is 0 Å². The number of sulfonamides is 1. The summed E-state index contributed by atoms with van der Waals surface area (Å²) in [5.74, 6) is -0.712. The third-order valence-corrected chi connectivity index (χ3v) is 6.58. The molecule has 2 aromatic rings. The molecule has 2 aromatic carbocycles. The third kappa shape index (κ3) is 7.32. The summed E-state index contributed by atoms with van der Waals surface area (Å²) in [6.07, 6.45) is 1.86. The zero-order chi connectivity index (χ0) is 24.8. The summed E-state index contributed by atoms with van der Waals surface area (Å²) >= 11 is 0. The third-order valence-electron chi connectivity index (χ3n) is 5.45. The Hall–Kier alpha value is -2.87. The lowest BCUT2D eigenvalue weighted by atomic mass is 10.1. The summed E-state index contributed by atoms with van der Waals surface area (Å²) in [6.45, 7) is 9.64. The summed E-state index contributed by atoms with van der Waals surface area (Å²) in [6, 6.07) is 12.3. The van der Waals surface area contributed by atoms with Gasteiger partial charge in [-0.25, -0.2) is 8.42 Å². The van der Waals surface area contributed by atoms with Crippen LogP contribution < -0.4 is 9.62 Å². The van der Waals surface area contributed by atoms with Crippen molar-refractivity contribution >= 4 is 27.5 Å². The maximum atomic E-state index is 13.5. The standard InChI is InChI=1S/C25H35N3O4S/c1-7-13-26-25(30)21(5)27(16-22-10-8-9-18(2)15-22)24(29)17-28(33(6,31)32)23-12-11-19(3)14-20(23)4/h8-12,14-15,21H,7,13,16-17H2,1-6H3,(H,26,30). The maximum Gasteiger partial charge on any atom is 0.244 e. The van der Waals surface area contributed by atoms with E-state index in [2.05, 4.69) is 5.32 Å². The number of anilines is 1. The van der Waals surface area contributed by atoms with E-state index in [0.717, 1.165) is 39.2 Å². The number of carbonyl (C=O) groups is 2. The summed E-state index contributed by atoms with van der Waals surface area (Å²) in [5, 5.41) is 2.83. The minimum absolute atomic E-state index is 0.200. The highest BCUT2D eigenvalue weighted by molar-refractivity contribution is 7.92. The minimum atomic E-state index is -3.74. The fourth-order valence-electron chi connectivity index (χ4n) is 3.67. The predicted octanol–water partition coefficient (Wildman–Crippen LogP) is 3.32. The molecule has 180 valence electrons. The van der Waals surface area contributed by atoms with Crippen molar-refractivity contribution in [1.82, 2.24) is 10.2 Å². The molecule has 0 aliphatic carbocycles. The van der Waals surface area contributed by atoms with Gasteiger partial charge in [0.05, 0.1) is 11.9 Å². The molecular formula is C25H35N3O4S. The van der Waals surface area contributed by atoms with Crippen LogP contribution in [-0.2, 0) is 26.2 Å². The molecule has 0 heterocycles. The van der Waals surface area contributed by atoms with Gasteiger partial charge in [0.25, 0.3) is 0 Å². The number of aryl methyl sites for hydroxylation is 3. The van der Waals surface area contributed by atoms with Crippen LogP contribution in [0.4, 0.5) is 5.69 Å². The number of nitrogens with one attached hydrogen (secondary N) is 1. The van der Waals surface area contributed by atoms with Crippen LogP contribution in [0.15, 0.2) is 42.5 Å². The van der Waals surface area contributed by atoms with E-state index in [4.69, 9.17) is 0 Å². The van der Waals surface area contributed by atoms with Gasteiger partial charge < -0.3 is 10.2 Å². The van der Waals surface area contributed by atoms with Gasteiger partial charge >= 0.3 is 0 Å². The zero-order valence-electron chi connectivity index (χ0n) is 20.4. The van der Waals surface area contributed by atoms with Crippen LogP contribution in [0, 0.1) is 20.8 Å². The molecule has 33 heavy (non-hydrogen) atoms. The Labute approximate surface area is 197 Å². The fraction of sp³-hybridized carbons (Fsp3) is 0.440. The molecular weight excluding hydrogens is 438 g/mol. The molecule has 0 aliphatic heterocycles. The molecule has 2 rings (SSSR count). The number of nitrogens with zero attached hydrogens (tertiary/aromatic N) is 2. The van der Waals surface area contributed by atoms with Crippen LogP contribution in [0.2, 0.25) is 0 Å². The van der Waals surface area contributed by atoms with Gasteiger partial charge in [-0.15, -0.1) is 0 Å². The maximum absolute atomic E-state index is 13.5. The van der Waals surface area contributed by atoms with E-state index in [-0.39, 0.29) is 19.0 Å². The Balaban J connectivity index is 2.40. The summed E-state index contributed by atoms with van der Waals surface area (Å²) in [4.78, 5) is 27.7. The van der Waals surface area contributed by atoms with Crippen LogP contribution in [-0.4, -0.2) is 50.5 Å². The van der Waals surface area contributed by atoms with E-state index in [0.29, 0.717) is 12.2 Å². The molecule has 0 radical (unpaired) electrons. The van der Waals surface area contributed by atoms with Gasteiger partial charge in [0.15, 0.2) is 0 Å². The molecule has 0 bridgehead atoms. The Morgan fingerprint density at radius 1 is 1.03 bits per heavy atom. The average Bonchev–Trinajstić information content (AvgIpc) is 2.73. The van der Waals surface area contributed by atoms with E-state index < -0.39 is 22.0 Å². The largest absolute Gasteiger partial charge is 0.354 e. The van der Waals surface area contributed by atoms with Crippen molar-refractivity contribution in [3.05, 3.63) is 64.7 Å². The van der Waals surface area contributed by atoms with Gasteiger partial charge in [-0.2, -0.15) is 0 Å². The summed E-state index contributed by atoms with van der Waals surface area (Å²) in [7, 11) is -3.74. The first kappa shape index (κ1) is 26.4. The smallest absolute Gasteiger partial charge is 0.244 e. The van der Waals surface area contributed by atoms with Crippen molar-refractivity contribution in [2.24, 2.45) is 0 Å². The second kappa shape index (κ2) is 11.3. The summed E-state index contributed by atoms with van der Waals surface area (Å²) in [5.41, 5.74) is 4.12. The van der Waals surface area contributed by atoms with Gasteiger partial charge in [0.2, 0.25) is 21.8 Å². The molecule has 0 aromatic heterocycles. The molecule has 0 saturated heterocycles. The van der Waals surface area contributed by atoms with Crippen LogP contribution in [0.1, 0.15) is 42.5 Å². The SMILES string of the molecule is CCCNC(=O)C(C)N(Cc1cccc(C)c1)C(=O)CN(c1ccc(C)cc1C)S(C)(=O)=O. The number of hydrogen-bond acceptors (Lipinski definition) is 4. The molecule has 7 nitrogen and oxygen atoms in total. The van der Waals surface area contributed by atoms with E-state index in [1.807, 2.05) is 64.1 Å². The molecule has 8 heteroatoms. The molecule has 2 amide bonds. The molecule has 1 unspecified atom stereocenters. The second-order valence-electron chi connectivity index (χ2n) is 8.54. The second-order valence-corrected chi connectivity index (χ2v) is 10.4. The number of amides is 2. The highest BCUT2D eigenvalue weighted by Crippen LogP contribution is 2.24. The molecule has 0 aliphatic rings. The van der Waals surface area contributed by atoms with Crippen molar-refractivity contribution < 1.29 is 18.0 Å². The van der Waals surface area contributed by atoms with Crippen molar-refractivity contribution in [2.75, 3.05) is 23.7 Å². The van der Waals surface area contributed by atoms with Crippen LogP contribution in [0.5, 0.6) is 0 Å². The Bertz CT molecular complexity index is 1100. The first-order valence-corrected chi connectivity index (χ1v) is 13.0. The lowest BCUT2D eigenvalue weighted by molar-refractivity contribution is -0.139. The van der Waals surface area contributed by atoms with Gasteiger partial charge in [0.1, 0.15) is 12.6 Å². The van der Waals surface area contributed by atoms with E-state index >= 15 is 0 Å². The van der Waals surface area contributed by atoms with Crippen LogP contribution in [0.25, 0.3) is 0 Å². The first-order valence-electron chi connectivity index (χ1n) is 11.1. The van der Waals surface area contributed by atoms with Gasteiger partial charge in [-0.3, -0.25) is 13.9 Å². The van der Waals surface area contributed by atoms with Crippen LogP contribution in [0.3, 0.4) is 0 Å². The average molecular weight is 474 g/mol. The first-order chi connectivity index (χ1) is 15.4. The lowest BCUT2D eigenvalue weighted by Gasteiger charge is -2.32.